The molecule has 1 aromatic carbocycles. The van der Waals surface area contributed by atoms with Crippen molar-refractivity contribution in [3.05, 3.63) is 28.8 Å². The topological polar surface area (TPSA) is 20.3 Å². The number of halogens is 2. The number of carbonyl (C=O) groups is 1. The van der Waals surface area contributed by atoms with Gasteiger partial charge < -0.3 is 4.90 Å². The molecule has 1 unspecified atom stereocenters. The number of anilines is 1. The zero-order valence-electron chi connectivity index (χ0n) is 13.1. The number of nitrogens with zero attached hydrogens (tertiary/aromatic N) is 1. The van der Waals surface area contributed by atoms with Crippen molar-refractivity contribution in [3.63, 3.8) is 0 Å². The van der Waals surface area contributed by atoms with Gasteiger partial charge >= 0.3 is 0 Å². The summed E-state index contributed by atoms with van der Waals surface area (Å²) in [4.78, 5) is 14.7. The Labute approximate surface area is 142 Å². The van der Waals surface area contributed by atoms with Gasteiger partial charge in [0.05, 0.1) is 0 Å². The molecule has 3 rings (SSSR count). The molecule has 22 heavy (non-hydrogen) atoms. The lowest BCUT2D eigenvalue weighted by molar-refractivity contribution is -0.117. The summed E-state index contributed by atoms with van der Waals surface area (Å²) in [5.74, 6) is 0.489. The highest BCUT2D eigenvalue weighted by Crippen LogP contribution is 2.49. The Balaban J connectivity index is 2.11. The maximum Gasteiger partial charge on any atom is 0.242 e. The predicted molar refractivity (Wildman–Crippen MR) is 93.1 cm³/mol. The molecule has 0 N–H and O–H groups in total. The van der Waals surface area contributed by atoms with Gasteiger partial charge in [0.15, 0.2) is 0 Å². The van der Waals surface area contributed by atoms with Crippen molar-refractivity contribution >= 4 is 34.8 Å². The molecule has 1 fully saturated rings. The van der Waals surface area contributed by atoms with E-state index in [0.29, 0.717) is 5.92 Å². The van der Waals surface area contributed by atoms with Gasteiger partial charge in [0, 0.05) is 16.2 Å². The Morgan fingerprint density at radius 2 is 1.95 bits per heavy atom. The maximum absolute atomic E-state index is 12.7. The summed E-state index contributed by atoms with van der Waals surface area (Å²) in [6.07, 6.45) is 8.12. The maximum atomic E-state index is 12.7. The van der Waals surface area contributed by atoms with Crippen LogP contribution in [0.3, 0.4) is 0 Å². The number of alkyl halides is 1. The zero-order chi connectivity index (χ0) is 15.7. The quantitative estimate of drug-likeness (QED) is 0.617. The average Bonchev–Trinajstić information content (AvgIpc) is 2.74. The summed E-state index contributed by atoms with van der Waals surface area (Å²) in [6, 6.07) is 5.90. The molecule has 0 aromatic heterocycles. The van der Waals surface area contributed by atoms with Gasteiger partial charge in [-0.3, -0.25) is 4.79 Å². The van der Waals surface area contributed by atoms with Gasteiger partial charge in [-0.15, -0.1) is 11.6 Å². The van der Waals surface area contributed by atoms with Gasteiger partial charge in [0.1, 0.15) is 5.88 Å². The SMILES string of the molecule is CC1CC2(CCCCCC2)N(C(=O)CCl)c2ccc(Cl)cc21. The van der Waals surface area contributed by atoms with E-state index in [1.807, 2.05) is 23.1 Å². The molecular formula is C18H23Cl2NO. The van der Waals surface area contributed by atoms with Crippen molar-refractivity contribution in [1.82, 2.24) is 0 Å². The Kier molecular flexibility index (Phi) is 4.70. The molecule has 120 valence electrons. The van der Waals surface area contributed by atoms with E-state index in [2.05, 4.69) is 6.92 Å². The van der Waals surface area contributed by atoms with Gasteiger partial charge in [0.25, 0.3) is 0 Å². The van der Waals surface area contributed by atoms with Crippen LogP contribution < -0.4 is 4.90 Å². The molecule has 0 radical (unpaired) electrons. The molecule has 0 bridgehead atoms. The van der Waals surface area contributed by atoms with E-state index in [1.54, 1.807) is 0 Å². The van der Waals surface area contributed by atoms with Crippen molar-refractivity contribution in [2.75, 3.05) is 10.8 Å². The first-order valence-corrected chi connectivity index (χ1v) is 9.17. The van der Waals surface area contributed by atoms with E-state index in [0.717, 1.165) is 30.0 Å². The van der Waals surface area contributed by atoms with Crippen molar-refractivity contribution in [3.8, 4) is 0 Å². The summed E-state index contributed by atoms with van der Waals surface area (Å²) in [5.41, 5.74) is 2.15. The molecule has 1 aliphatic heterocycles. The second kappa shape index (κ2) is 6.41. The molecule has 1 atom stereocenters. The van der Waals surface area contributed by atoms with E-state index in [9.17, 15) is 4.79 Å². The number of benzene rings is 1. The summed E-state index contributed by atoms with van der Waals surface area (Å²) >= 11 is 12.1. The first-order chi connectivity index (χ1) is 10.6. The average molecular weight is 340 g/mol. The standard InChI is InChI=1S/C18H23Cl2NO/c1-13-11-18(8-4-2-3-5-9-18)21(17(22)12-19)16-7-6-14(20)10-15(13)16/h6-7,10,13H,2-5,8-9,11-12H2,1H3. The second-order valence-electron chi connectivity index (χ2n) is 6.81. The first kappa shape index (κ1) is 16.1. The van der Waals surface area contributed by atoms with Gasteiger partial charge in [-0.05, 0) is 48.9 Å². The third-order valence-electron chi connectivity index (χ3n) is 5.32. The van der Waals surface area contributed by atoms with Crippen LogP contribution in [0, 0.1) is 0 Å². The monoisotopic (exact) mass is 339 g/mol. The van der Waals surface area contributed by atoms with Crippen LogP contribution in [0.5, 0.6) is 0 Å². The number of hydrogen-bond donors (Lipinski definition) is 0. The summed E-state index contributed by atoms with van der Waals surface area (Å²) in [5, 5.41) is 0.737. The molecule has 1 amide bonds. The van der Waals surface area contributed by atoms with E-state index < -0.39 is 0 Å². The van der Waals surface area contributed by atoms with Crippen molar-refractivity contribution in [2.24, 2.45) is 0 Å². The van der Waals surface area contributed by atoms with Gasteiger partial charge in [-0.1, -0.05) is 44.2 Å². The minimum absolute atomic E-state index is 0.0269. The summed E-state index contributed by atoms with van der Waals surface area (Å²) in [6.45, 7) is 2.25. The normalized spacial score (nSPS) is 24.0. The Bertz CT molecular complexity index is 564. The lowest BCUT2D eigenvalue weighted by atomic mass is 9.74. The highest BCUT2D eigenvalue weighted by atomic mass is 35.5. The fraction of sp³-hybridized carbons (Fsp3) is 0.611. The lowest BCUT2D eigenvalue weighted by Crippen LogP contribution is -2.55. The van der Waals surface area contributed by atoms with Crippen LogP contribution in [-0.2, 0) is 4.79 Å². The number of fused-ring (bicyclic) bond motifs is 1. The molecule has 1 aromatic rings. The predicted octanol–water partition coefficient (Wildman–Crippen LogP) is 5.51. The number of carbonyl (C=O) groups excluding carboxylic acids is 1. The lowest BCUT2D eigenvalue weighted by Gasteiger charge is -2.50. The van der Waals surface area contributed by atoms with Crippen molar-refractivity contribution in [2.45, 2.75) is 63.3 Å². The molecule has 0 saturated heterocycles. The van der Waals surface area contributed by atoms with Gasteiger partial charge in [-0.2, -0.15) is 0 Å². The fourth-order valence-electron chi connectivity index (χ4n) is 4.42. The zero-order valence-corrected chi connectivity index (χ0v) is 14.6. The molecule has 1 aliphatic carbocycles. The van der Waals surface area contributed by atoms with E-state index in [-0.39, 0.29) is 17.3 Å². The van der Waals surface area contributed by atoms with Gasteiger partial charge in [0.2, 0.25) is 5.91 Å². The molecular weight excluding hydrogens is 317 g/mol. The third kappa shape index (κ3) is 2.76. The van der Waals surface area contributed by atoms with Crippen molar-refractivity contribution < 1.29 is 4.79 Å². The van der Waals surface area contributed by atoms with Gasteiger partial charge in [-0.25, -0.2) is 0 Å². The van der Waals surface area contributed by atoms with Crippen LogP contribution in [0.4, 0.5) is 5.69 Å². The van der Waals surface area contributed by atoms with E-state index in [1.165, 1.54) is 31.2 Å². The Hall–Kier alpha value is -0.730. The molecule has 1 spiro atoms. The summed E-state index contributed by atoms with van der Waals surface area (Å²) in [7, 11) is 0. The largest absolute Gasteiger partial charge is 0.305 e. The third-order valence-corrected chi connectivity index (χ3v) is 5.78. The molecule has 1 heterocycles. The van der Waals surface area contributed by atoms with Crippen LogP contribution in [0.15, 0.2) is 18.2 Å². The van der Waals surface area contributed by atoms with E-state index >= 15 is 0 Å². The minimum atomic E-state index is -0.0529. The highest BCUT2D eigenvalue weighted by Gasteiger charge is 2.45. The van der Waals surface area contributed by atoms with Crippen LogP contribution in [0.1, 0.15) is 63.4 Å². The molecule has 2 aliphatic rings. The number of amides is 1. The van der Waals surface area contributed by atoms with Crippen LogP contribution >= 0.6 is 23.2 Å². The smallest absolute Gasteiger partial charge is 0.242 e. The van der Waals surface area contributed by atoms with E-state index in [4.69, 9.17) is 23.2 Å². The number of rotatable bonds is 1. The molecule has 2 nitrogen and oxygen atoms in total. The second-order valence-corrected chi connectivity index (χ2v) is 7.51. The molecule has 1 saturated carbocycles. The molecule has 4 heteroatoms. The van der Waals surface area contributed by atoms with Crippen molar-refractivity contribution in [1.29, 1.82) is 0 Å². The highest BCUT2D eigenvalue weighted by molar-refractivity contribution is 6.31. The van der Waals surface area contributed by atoms with Crippen LogP contribution in [0.2, 0.25) is 5.02 Å². The fourth-order valence-corrected chi connectivity index (χ4v) is 4.72. The summed E-state index contributed by atoms with van der Waals surface area (Å²) < 4.78 is 0. The Morgan fingerprint density at radius 1 is 1.27 bits per heavy atom. The number of hydrogen-bond acceptors (Lipinski definition) is 1. The Morgan fingerprint density at radius 3 is 2.59 bits per heavy atom. The van der Waals surface area contributed by atoms with Crippen LogP contribution in [-0.4, -0.2) is 17.3 Å². The minimum Gasteiger partial charge on any atom is -0.305 e. The van der Waals surface area contributed by atoms with Crippen LogP contribution in [0.25, 0.3) is 0 Å². The first-order valence-electron chi connectivity index (χ1n) is 8.26.